The Morgan fingerprint density at radius 2 is 1.94 bits per heavy atom. The van der Waals surface area contributed by atoms with Crippen LogP contribution in [-0.4, -0.2) is 16.0 Å². The number of carbonyl (C=O) groups is 1. The van der Waals surface area contributed by atoms with Crippen LogP contribution in [0.3, 0.4) is 0 Å². The monoisotopic (exact) mass is 248 g/mol. The lowest BCUT2D eigenvalue weighted by Gasteiger charge is -2.06. The summed E-state index contributed by atoms with van der Waals surface area (Å²) in [5.41, 5.74) is 0.975. The van der Waals surface area contributed by atoms with Crippen molar-refractivity contribution in [2.45, 2.75) is 0 Å². The number of phenolic OH excluding ortho intramolecular Hbond substituents is 1. The molecule has 0 aliphatic heterocycles. The second-order valence-corrected chi connectivity index (χ2v) is 3.76. The largest absolute Gasteiger partial charge is 0.506 e. The van der Waals surface area contributed by atoms with Crippen molar-refractivity contribution in [1.29, 1.82) is 0 Å². The zero-order valence-corrected chi connectivity index (χ0v) is 9.48. The van der Waals surface area contributed by atoms with Crippen molar-refractivity contribution in [2.75, 3.05) is 5.32 Å². The van der Waals surface area contributed by atoms with Crippen LogP contribution in [0.4, 0.5) is 5.69 Å². The minimum Gasteiger partial charge on any atom is -0.506 e. The Kier molecular flexibility index (Phi) is 3.25. The first-order valence-corrected chi connectivity index (χ1v) is 5.24. The number of phenols is 1. The maximum atomic E-state index is 11.8. The molecule has 0 atom stereocenters. The van der Waals surface area contributed by atoms with E-state index in [4.69, 9.17) is 11.6 Å². The van der Waals surface area contributed by atoms with Gasteiger partial charge in [-0.25, -0.2) is 0 Å². The van der Waals surface area contributed by atoms with Crippen molar-refractivity contribution in [3.05, 3.63) is 53.3 Å². The van der Waals surface area contributed by atoms with E-state index in [1.54, 1.807) is 18.2 Å². The lowest BCUT2D eigenvalue weighted by Crippen LogP contribution is -2.11. The molecule has 0 aliphatic carbocycles. The lowest BCUT2D eigenvalue weighted by molar-refractivity contribution is 0.102. The molecule has 1 amide bonds. The van der Waals surface area contributed by atoms with E-state index in [0.29, 0.717) is 11.3 Å². The number of pyridine rings is 1. The fourth-order valence-electron chi connectivity index (χ4n) is 1.30. The van der Waals surface area contributed by atoms with Gasteiger partial charge < -0.3 is 10.4 Å². The third-order valence-corrected chi connectivity index (χ3v) is 2.47. The standard InChI is InChI=1S/C12H9ClN2O2/c13-10-2-1-9(7-11(10)16)15-12(17)8-3-5-14-6-4-8/h1-7,16H,(H,15,17). The van der Waals surface area contributed by atoms with Gasteiger partial charge in [-0.1, -0.05) is 11.6 Å². The molecule has 0 unspecified atom stereocenters. The summed E-state index contributed by atoms with van der Waals surface area (Å²) in [5, 5.41) is 12.3. The van der Waals surface area contributed by atoms with Gasteiger partial charge in [0.2, 0.25) is 0 Å². The quantitative estimate of drug-likeness (QED) is 0.859. The van der Waals surface area contributed by atoms with Crippen molar-refractivity contribution >= 4 is 23.2 Å². The molecule has 0 saturated carbocycles. The van der Waals surface area contributed by atoms with Crippen LogP contribution in [-0.2, 0) is 0 Å². The van der Waals surface area contributed by atoms with Crippen molar-refractivity contribution in [3.8, 4) is 5.75 Å². The SMILES string of the molecule is O=C(Nc1ccc(Cl)c(O)c1)c1ccncc1. The number of hydrogen-bond acceptors (Lipinski definition) is 3. The number of aromatic hydroxyl groups is 1. The van der Waals surface area contributed by atoms with Crippen molar-refractivity contribution < 1.29 is 9.90 Å². The fourth-order valence-corrected chi connectivity index (χ4v) is 1.41. The van der Waals surface area contributed by atoms with Crippen LogP contribution in [0, 0.1) is 0 Å². The number of anilines is 1. The molecule has 1 aromatic heterocycles. The van der Waals surface area contributed by atoms with E-state index < -0.39 is 0 Å². The predicted octanol–water partition coefficient (Wildman–Crippen LogP) is 2.69. The molecule has 2 rings (SSSR count). The van der Waals surface area contributed by atoms with Crippen LogP contribution in [0.5, 0.6) is 5.75 Å². The van der Waals surface area contributed by atoms with Gasteiger partial charge in [-0.05, 0) is 24.3 Å². The van der Waals surface area contributed by atoms with Gasteiger partial charge in [-0.2, -0.15) is 0 Å². The summed E-state index contributed by atoms with van der Waals surface area (Å²) >= 11 is 5.66. The van der Waals surface area contributed by atoms with E-state index in [9.17, 15) is 9.90 Å². The first-order valence-electron chi connectivity index (χ1n) is 4.87. The second-order valence-electron chi connectivity index (χ2n) is 3.36. The van der Waals surface area contributed by atoms with Gasteiger partial charge in [0.1, 0.15) is 5.75 Å². The number of rotatable bonds is 2. The molecule has 0 aliphatic rings. The molecule has 17 heavy (non-hydrogen) atoms. The zero-order chi connectivity index (χ0) is 12.3. The van der Waals surface area contributed by atoms with E-state index in [2.05, 4.69) is 10.3 Å². The average molecular weight is 249 g/mol. The Labute approximate surface area is 103 Å². The molecule has 0 spiro atoms. The molecule has 0 radical (unpaired) electrons. The van der Waals surface area contributed by atoms with Crippen molar-refractivity contribution in [3.63, 3.8) is 0 Å². The summed E-state index contributed by atoms with van der Waals surface area (Å²) in [6, 6.07) is 7.72. The number of carbonyl (C=O) groups excluding carboxylic acids is 1. The number of benzene rings is 1. The molecule has 0 bridgehead atoms. The Bertz CT molecular complexity index is 543. The molecular weight excluding hydrogens is 240 g/mol. The highest BCUT2D eigenvalue weighted by molar-refractivity contribution is 6.32. The molecule has 0 saturated heterocycles. The molecule has 1 aromatic carbocycles. The third-order valence-electron chi connectivity index (χ3n) is 2.15. The topological polar surface area (TPSA) is 62.2 Å². The first-order chi connectivity index (χ1) is 8.16. The Hall–Kier alpha value is -2.07. The van der Waals surface area contributed by atoms with Gasteiger partial charge in [0.25, 0.3) is 5.91 Å². The number of hydrogen-bond donors (Lipinski definition) is 2. The molecular formula is C12H9ClN2O2. The number of aromatic nitrogens is 1. The molecule has 1 heterocycles. The minimum atomic E-state index is -0.269. The van der Waals surface area contributed by atoms with Gasteiger partial charge in [-0.15, -0.1) is 0 Å². The van der Waals surface area contributed by atoms with Crippen LogP contribution >= 0.6 is 11.6 Å². The average Bonchev–Trinajstić information content (AvgIpc) is 2.35. The van der Waals surface area contributed by atoms with Crippen LogP contribution in [0.15, 0.2) is 42.7 Å². The Morgan fingerprint density at radius 3 is 2.59 bits per heavy atom. The summed E-state index contributed by atoms with van der Waals surface area (Å²) in [4.78, 5) is 15.6. The van der Waals surface area contributed by atoms with Crippen LogP contribution < -0.4 is 5.32 Å². The maximum Gasteiger partial charge on any atom is 0.255 e. The van der Waals surface area contributed by atoms with E-state index >= 15 is 0 Å². The lowest BCUT2D eigenvalue weighted by atomic mass is 10.2. The number of halogens is 1. The summed E-state index contributed by atoms with van der Waals surface area (Å²) < 4.78 is 0. The fraction of sp³-hybridized carbons (Fsp3) is 0. The number of nitrogens with one attached hydrogen (secondary N) is 1. The molecule has 5 heteroatoms. The summed E-state index contributed by atoms with van der Waals surface area (Å²) in [7, 11) is 0. The Morgan fingerprint density at radius 1 is 1.24 bits per heavy atom. The third kappa shape index (κ3) is 2.73. The summed E-state index contributed by atoms with van der Waals surface area (Å²) in [5.74, 6) is -0.340. The van der Waals surface area contributed by atoms with Crippen LogP contribution in [0.2, 0.25) is 5.02 Å². The van der Waals surface area contributed by atoms with E-state index in [1.165, 1.54) is 24.5 Å². The summed E-state index contributed by atoms with van der Waals surface area (Å²) in [6.45, 7) is 0. The van der Waals surface area contributed by atoms with Crippen molar-refractivity contribution in [2.24, 2.45) is 0 Å². The molecule has 2 N–H and O–H groups in total. The van der Waals surface area contributed by atoms with Crippen LogP contribution in [0.25, 0.3) is 0 Å². The van der Waals surface area contributed by atoms with Gasteiger partial charge in [0.05, 0.1) is 5.02 Å². The van der Waals surface area contributed by atoms with Gasteiger partial charge in [0.15, 0.2) is 0 Å². The normalized spacial score (nSPS) is 9.94. The zero-order valence-electron chi connectivity index (χ0n) is 8.72. The van der Waals surface area contributed by atoms with Gasteiger partial charge >= 0.3 is 0 Å². The van der Waals surface area contributed by atoms with Gasteiger partial charge in [-0.3, -0.25) is 9.78 Å². The first kappa shape index (κ1) is 11.4. The van der Waals surface area contributed by atoms with Crippen molar-refractivity contribution in [1.82, 2.24) is 4.98 Å². The Balaban J connectivity index is 2.16. The highest BCUT2D eigenvalue weighted by Gasteiger charge is 2.06. The number of amides is 1. The number of nitrogens with zero attached hydrogens (tertiary/aromatic N) is 1. The highest BCUT2D eigenvalue weighted by atomic mass is 35.5. The smallest absolute Gasteiger partial charge is 0.255 e. The molecule has 0 fully saturated rings. The molecule has 2 aromatic rings. The molecule has 4 nitrogen and oxygen atoms in total. The predicted molar refractivity (Wildman–Crippen MR) is 65.3 cm³/mol. The summed E-state index contributed by atoms with van der Waals surface area (Å²) in [6.07, 6.45) is 3.07. The van der Waals surface area contributed by atoms with E-state index in [0.717, 1.165) is 0 Å². The van der Waals surface area contributed by atoms with E-state index in [1.807, 2.05) is 0 Å². The molecule has 86 valence electrons. The minimum absolute atomic E-state index is 0.0702. The van der Waals surface area contributed by atoms with Crippen LogP contribution in [0.1, 0.15) is 10.4 Å². The van der Waals surface area contributed by atoms with E-state index in [-0.39, 0.29) is 16.7 Å². The highest BCUT2D eigenvalue weighted by Crippen LogP contribution is 2.26. The van der Waals surface area contributed by atoms with Gasteiger partial charge in [0, 0.05) is 29.7 Å². The maximum absolute atomic E-state index is 11.8. The second kappa shape index (κ2) is 4.84.